The highest BCUT2D eigenvalue weighted by atomic mass is 79.9. The SMILES string of the molecule is Fc1c(Br)cccc1C(Br)Cc1ccccc1. The number of hydrogen-bond acceptors (Lipinski definition) is 0. The summed E-state index contributed by atoms with van der Waals surface area (Å²) in [6, 6.07) is 15.4. The number of alkyl halides is 1. The third kappa shape index (κ3) is 3.17. The fourth-order valence-corrected chi connectivity index (χ4v) is 2.80. The Morgan fingerprint density at radius 2 is 1.71 bits per heavy atom. The highest BCUT2D eigenvalue weighted by molar-refractivity contribution is 9.10. The van der Waals surface area contributed by atoms with Crippen LogP contribution in [0.4, 0.5) is 4.39 Å². The first-order valence-electron chi connectivity index (χ1n) is 5.30. The Morgan fingerprint density at radius 3 is 2.41 bits per heavy atom. The van der Waals surface area contributed by atoms with Crippen LogP contribution in [0.1, 0.15) is 16.0 Å². The Bertz CT molecular complexity index is 497. The van der Waals surface area contributed by atoms with Crippen LogP contribution in [0, 0.1) is 5.82 Å². The van der Waals surface area contributed by atoms with Crippen molar-refractivity contribution in [2.75, 3.05) is 0 Å². The molecule has 0 aliphatic rings. The minimum absolute atomic E-state index is 0.0117. The van der Waals surface area contributed by atoms with Crippen LogP contribution >= 0.6 is 31.9 Å². The average Bonchev–Trinajstić information content (AvgIpc) is 2.34. The fourth-order valence-electron chi connectivity index (χ4n) is 1.69. The standard InChI is InChI=1S/C14H11Br2F/c15-12-8-4-7-11(14(12)17)13(16)9-10-5-2-1-3-6-10/h1-8,13H,9H2. The van der Waals surface area contributed by atoms with E-state index in [2.05, 4.69) is 31.9 Å². The Balaban J connectivity index is 2.20. The summed E-state index contributed by atoms with van der Waals surface area (Å²) < 4.78 is 14.4. The third-order valence-electron chi connectivity index (χ3n) is 2.58. The van der Waals surface area contributed by atoms with Crippen LogP contribution in [-0.4, -0.2) is 0 Å². The summed E-state index contributed by atoms with van der Waals surface area (Å²) in [6.07, 6.45) is 0.772. The van der Waals surface area contributed by atoms with E-state index in [0.717, 1.165) is 6.42 Å². The van der Waals surface area contributed by atoms with Gasteiger partial charge < -0.3 is 0 Å². The van der Waals surface area contributed by atoms with Gasteiger partial charge in [-0.25, -0.2) is 4.39 Å². The van der Waals surface area contributed by atoms with Crippen molar-refractivity contribution < 1.29 is 4.39 Å². The molecule has 0 saturated carbocycles. The topological polar surface area (TPSA) is 0 Å². The molecule has 2 aromatic rings. The van der Waals surface area contributed by atoms with Crippen molar-refractivity contribution in [2.45, 2.75) is 11.2 Å². The summed E-state index contributed by atoms with van der Waals surface area (Å²) in [6.45, 7) is 0. The van der Waals surface area contributed by atoms with Crippen LogP contribution in [0.3, 0.4) is 0 Å². The first-order chi connectivity index (χ1) is 8.18. The maximum Gasteiger partial charge on any atom is 0.141 e. The van der Waals surface area contributed by atoms with Crippen molar-refractivity contribution in [2.24, 2.45) is 0 Å². The van der Waals surface area contributed by atoms with Crippen LogP contribution < -0.4 is 0 Å². The zero-order chi connectivity index (χ0) is 12.3. The first kappa shape index (κ1) is 12.8. The van der Waals surface area contributed by atoms with Crippen LogP contribution in [-0.2, 0) is 6.42 Å². The molecule has 0 amide bonds. The van der Waals surface area contributed by atoms with E-state index in [9.17, 15) is 4.39 Å². The Labute approximate surface area is 117 Å². The molecular formula is C14H11Br2F. The van der Waals surface area contributed by atoms with E-state index in [1.807, 2.05) is 42.5 Å². The molecule has 17 heavy (non-hydrogen) atoms. The van der Waals surface area contributed by atoms with Crippen molar-refractivity contribution >= 4 is 31.9 Å². The lowest BCUT2D eigenvalue weighted by molar-refractivity contribution is 0.601. The molecular weight excluding hydrogens is 347 g/mol. The number of halogens is 3. The monoisotopic (exact) mass is 356 g/mol. The predicted molar refractivity (Wildman–Crippen MR) is 75.9 cm³/mol. The van der Waals surface area contributed by atoms with E-state index in [1.54, 1.807) is 6.07 Å². The van der Waals surface area contributed by atoms with E-state index in [-0.39, 0.29) is 10.6 Å². The summed E-state index contributed by atoms with van der Waals surface area (Å²) in [5, 5.41) is 0. The van der Waals surface area contributed by atoms with Gasteiger partial charge in [0.05, 0.1) is 4.47 Å². The number of hydrogen-bond donors (Lipinski definition) is 0. The maximum atomic E-state index is 13.9. The molecule has 0 spiro atoms. The second-order valence-electron chi connectivity index (χ2n) is 3.80. The van der Waals surface area contributed by atoms with Gasteiger partial charge in [0, 0.05) is 10.4 Å². The molecule has 0 fully saturated rings. The lowest BCUT2D eigenvalue weighted by Crippen LogP contribution is -1.99. The van der Waals surface area contributed by atoms with Gasteiger partial charge >= 0.3 is 0 Å². The first-order valence-corrected chi connectivity index (χ1v) is 7.01. The lowest BCUT2D eigenvalue weighted by atomic mass is 10.0. The zero-order valence-electron chi connectivity index (χ0n) is 9.04. The van der Waals surface area contributed by atoms with Crippen molar-refractivity contribution in [1.82, 2.24) is 0 Å². The second-order valence-corrected chi connectivity index (χ2v) is 5.76. The van der Waals surface area contributed by atoms with E-state index in [0.29, 0.717) is 10.0 Å². The van der Waals surface area contributed by atoms with E-state index < -0.39 is 0 Å². The van der Waals surface area contributed by atoms with Gasteiger partial charge in [-0.2, -0.15) is 0 Å². The van der Waals surface area contributed by atoms with E-state index >= 15 is 0 Å². The molecule has 0 N–H and O–H groups in total. The lowest BCUT2D eigenvalue weighted by Gasteiger charge is -2.12. The minimum atomic E-state index is -0.190. The minimum Gasteiger partial charge on any atom is -0.205 e. The number of rotatable bonds is 3. The van der Waals surface area contributed by atoms with Gasteiger partial charge in [0.1, 0.15) is 5.82 Å². The summed E-state index contributed by atoms with van der Waals surface area (Å²) in [7, 11) is 0. The molecule has 0 saturated heterocycles. The highest BCUT2D eigenvalue weighted by Gasteiger charge is 2.14. The van der Waals surface area contributed by atoms with Gasteiger partial charge in [-0.15, -0.1) is 0 Å². The predicted octanol–water partition coefficient (Wildman–Crippen LogP) is 5.27. The van der Waals surface area contributed by atoms with Crippen molar-refractivity contribution in [3.8, 4) is 0 Å². The summed E-state index contributed by atoms with van der Waals surface area (Å²) in [5.74, 6) is -0.190. The van der Waals surface area contributed by atoms with Gasteiger partial charge in [0.15, 0.2) is 0 Å². The molecule has 0 aromatic heterocycles. The Hall–Kier alpha value is -0.670. The Morgan fingerprint density at radius 1 is 1.00 bits per heavy atom. The molecule has 1 unspecified atom stereocenters. The van der Waals surface area contributed by atoms with E-state index in [1.165, 1.54) is 5.56 Å². The molecule has 3 heteroatoms. The van der Waals surface area contributed by atoms with Crippen LogP contribution in [0.15, 0.2) is 53.0 Å². The normalized spacial score (nSPS) is 12.4. The molecule has 1 atom stereocenters. The molecule has 2 rings (SSSR count). The van der Waals surface area contributed by atoms with Gasteiger partial charge in [0.2, 0.25) is 0 Å². The molecule has 0 nitrogen and oxygen atoms in total. The molecule has 0 radical (unpaired) electrons. The van der Waals surface area contributed by atoms with Gasteiger partial charge in [-0.05, 0) is 34.0 Å². The zero-order valence-corrected chi connectivity index (χ0v) is 12.2. The summed E-state index contributed by atoms with van der Waals surface area (Å²) in [4.78, 5) is -0.0117. The van der Waals surface area contributed by atoms with Crippen LogP contribution in [0.5, 0.6) is 0 Å². The molecule has 88 valence electrons. The van der Waals surface area contributed by atoms with Gasteiger partial charge in [-0.1, -0.05) is 58.4 Å². The smallest absolute Gasteiger partial charge is 0.141 e. The van der Waals surface area contributed by atoms with Crippen molar-refractivity contribution in [3.05, 3.63) is 69.9 Å². The fraction of sp³-hybridized carbons (Fsp3) is 0.143. The summed E-state index contributed by atoms with van der Waals surface area (Å²) >= 11 is 6.75. The largest absolute Gasteiger partial charge is 0.205 e. The molecule has 0 aliphatic carbocycles. The van der Waals surface area contributed by atoms with Crippen molar-refractivity contribution in [3.63, 3.8) is 0 Å². The van der Waals surface area contributed by atoms with Crippen LogP contribution in [0.2, 0.25) is 0 Å². The van der Waals surface area contributed by atoms with Gasteiger partial charge in [-0.3, -0.25) is 0 Å². The van der Waals surface area contributed by atoms with E-state index in [4.69, 9.17) is 0 Å². The second kappa shape index (κ2) is 5.78. The van der Waals surface area contributed by atoms with Crippen LogP contribution in [0.25, 0.3) is 0 Å². The third-order valence-corrected chi connectivity index (χ3v) is 4.01. The quantitative estimate of drug-likeness (QED) is 0.656. The molecule has 0 bridgehead atoms. The van der Waals surface area contributed by atoms with Crippen molar-refractivity contribution in [1.29, 1.82) is 0 Å². The highest BCUT2D eigenvalue weighted by Crippen LogP contribution is 2.31. The molecule has 0 aliphatic heterocycles. The Kier molecular flexibility index (Phi) is 4.35. The molecule has 0 heterocycles. The molecule has 2 aromatic carbocycles. The van der Waals surface area contributed by atoms with Gasteiger partial charge in [0.25, 0.3) is 0 Å². The summed E-state index contributed by atoms with van der Waals surface area (Å²) in [5.41, 5.74) is 1.87. The maximum absolute atomic E-state index is 13.9. The average molecular weight is 358 g/mol. The number of benzene rings is 2.